The van der Waals surface area contributed by atoms with Gasteiger partial charge in [0.05, 0.1) is 0 Å². The molecule has 4 heteroatoms. The number of anilines is 1. The van der Waals surface area contributed by atoms with Crippen LogP contribution in [0.4, 0.5) is 10.6 Å². The maximum Gasteiger partial charge on any atom is 0.323 e. The molecule has 0 radical (unpaired) electrons. The summed E-state index contributed by atoms with van der Waals surface area (Å²) < 4.78 is 0. The molecule has 108 valence electrons. The molecule has 1 aromatic carbocycles. The van der Waals surface area contributed by atoms with Crippen molar-refractivity contribution in [1.29, 1.82) is 0 Å². The Kier molecular flexibility index (Phi) is 4.15. The number of hydrogen-bond donors (Lipinski definition) is 1. The first-order chi connectivity index (χ1) is 10.3. The van der Waals surface area contributed by atoms with Gasteiger partial charge in [0, 0.05) is 19.3 Å². The van der Waals surface area contributed by atoms with Crippen LogP contribution in [0.1, 0.15) is 24.3 Å². The van der Waals surface area contributed by atoms with Crippen molar-refractivity contribution in [2.75, 3.05) is 18.4 Å². The minimum atomic E-state index is -0.0554. The summed E-state index contributed by atoms with van der Waals surface area (Å²) in [5.74, 6) is 1.16. The fourth-order valence-corrected chi connectivity index (χ4v) is 2.77. The van der Waals surface area contributed by atoms with E-state index in [1.807, 2.05) is 23.1 Å². The van der Waals surface area contributed by atoms with Gasteiger partial charge < -0.3 is 4.90 Å². The highest BCUT2D eigenvalue weighted by molar-refractivity contribution is 5.88. The lowest BCUT2D eigenvalue weighted by molar-refractivity contribution is 0.194. The van der Waals surface area contributed by atoms with Gasteiger partial charge in [0.15, 0.2) is 0 Å². The monoisotopic (exact) mass is 281 g/mol. The second-order valence-corrected chi connectivity index (χ2v) is 5.32. The average molecular weight is 281 g/mol. The normalized spacial score (nSPS) is 15.7. The lowest BCUT2D eigenvalue weighted by Gasteiger charge is -2.32. The van der Waals surface area contributed by atoms with E-state index in [9.17, 15) is 4.79 Å². The zero-order valence-corrected chi connectivity index (χ0v) is 11.9. The number of pyridine rings is 1. The Balaban J connectivity index is 1.55. The number of aromatic nitrogens is 1. The summed E-state index contributed by atoms with van der Waals surface area (Å²) in [6.07, 6.45) is 3.70. The van der Waals surface area contributed by atoms with Crippen molar-refractivity contribution >= 4 is 11.8 Å². The van der Waals surface area contributed by atoms with Crippen LogP contribution in [-0.4, -0.2) is 29.0 Å². The van der Waals surface area contributed by atoms with E-state index in [1.54, 1.807) is 12.3 Å². The number of benzene rings is 1. The molecular formula is C17H19N3O. The summed E-state index contributed by atoms with van der Waals surface area (Å²) in [5, 5.41) is 2.84. The molecule has 0 atom stereocenters. The zero-order valence-electron chi connectivity index (χ0n) is 11.9. The van der Waals surface area contributed by atoms with Crippen molar-refractivity contribution in [3.63, 3.8) is 0 Å². The fourth-order valence-electron chi connectivity index (χ4n) is 2.77. The van der Waals surface area contributed by atoms with Crippen molar-refractivity contribution in [3.8, 4) is 0 Å². The molecule has 0 aliphatic carbocycles. The molecule has 0 saturated carbocycles. The molecule has 1 saturated heterocycles. The van der Waals surface area contributed by atoms with E-state index in [1.165, 1.54) is 5.56 Å². The highest BCUT2D eigenvalue weighted by Gasteiger charge is 2.23. The average Bonchev–Trinajstić information content (AvgIpc) is 2.57. The standard InChI is InChI=1S/C17H19N3O/c21-17(19-16-8-4-5-11-18-16)20-12-9-15(10-13-20)14-6-2-1-3-7-14/h1-8,11,15H,9-10,12-13H2,(H,18,19,21). The molecule has 0 bridgehead atoms. The van der Waals surface area contributed by atoms with Gasteiger partial charge in [-0.25, -0.2) is 9.78 Å². The first-order valence-corrected chi connectivity index (χ1v) is 7.35. The summed E-state index contributed by atoms with van der Waals surface area (Å²) >= 11 is 0. The summed E-state index contributed by atoms with van der Waals surface area (Å²) in [4.78, 5) is 18.2. The minimum Gasteiger partial charge on any atom is -0.324 e. The number of carbonyl (C=O) groups is 1. The summed E-state index contributed by atoms with van der Waals surface area (Å²) in [6.45, 7) is 1.58. The van der Waals surface area contributed by atoms with Gasteiger partial charge in [-0.3, -0.25) is 5.32 Å². The summed E-state index contributed by atoms with van der Waals surface area (Å²) in [5.41, 5.74) is 1.38. The van der Waals surface area contributed by atoms with E-state index in [2.05, 4.69) is 34.6 Å². The molecule has 0 spiro atoms. The molecule has 3 rings (SSSR count). The molecule has 1 aliphatic heterocycles. The quantitative estimate of drug-likeness (QED) is 0.915. The second kappa shape index (κ2) is 6.39. The zero-order chi connectivity index (χ0) is 14.5. The molecule has 4 nitrogen and oxygen atoms in total. The largest absolute Gasteiger partial charge is 0.324 e. The Morgan fingerprint density at radius 2 is 1.76 bits per heavy atom. The smallest absolute Gasteiger partial charge is 0.323 e. The van der Waals surface area contributed by atoms with Crippen molar-refractivity contribution in [3.05, 3.63) is 60.3 Å². The van der Waals surface area contributed by atoms with Gasteiger partial charge in [-0.1, -0.05) is 36.4 Å². The molecule has 2 aromatic rings. The predicted molar refractivity (Wildman–Crippen MR) is 83.2 cm³/mol. The van der Waals surface area contributed by atoms with Crippen LogP contribution in [0.5, 0.6) is 0 Å². The van der Waals surface area contributed by atoms with Gasteiger partial charge in [0.1, 0.15) is 5.82 Å². The first-order valence-electron chi connectivity index (χ1n) is 7.35. The third-order valence-corrected chi connectivity index (χ3v) is 3.95. The molecule has 1 aliphatic rings. The number of rotatable bonds is 2. The van der Waals surface area contributed by atoms with Crippen LogP contribution in [0, 0.1) is 0 Å². The van der Waals surface area contributed by atoms with Crippen LogP contribution in [0.15, 0.2) is 54.7 Å². The first kappa shape index (κ1) is 13.6. The molecule has 1 N–H and O–H groups in total. The van der Waals surface area contributed by atoms with Crippen molar-refractivity contribution in [2.24, 2.45) is 0 Å². The van der Waals surface area contributed by atoms with Gasteiger partial charge >= 0.3 is 6.03 Å². The number of nitrogens with zero attached hydrogens (tertiary/aromatic N) is 2. The molecule has 0 unspecified atom stereocenters. The van der Waals surface area contributed by atoms with E-state index in [0.717, 1.165) is 25.9 Å². The third kappa shape index (κ3) is 3.40. The Hall–Kier alpha value is -2.36. The third-order valence-electron chi connectivity index (χ3n) is 3.95. The number of amides is 2. The molecular weight excluding hydrogens is 262 g/mol. The SMILES string of the molecule is O=C(Nc1ccccn1)N1CCC(c2ccccc2)CC1. The number of piperidine rings is 1. The van der Waals surface area contributed by atoms with Crippen LogP contribution in [0.3, 0.4) is 0 Å². The van der Waals surface area contributed by atoms with Crippen LogP contribution in [0.2, 0.25) is 0 Å². The molecule has 1 aromatic heterocycles. The molecule has 21 heavy (non-hydrogen) atoms. The van der Waals surface area contributed by atoms with Gasteiger partial charge in [0.25, 0.3) is 0 Å². The van der Waals surface area contributed by atoms with Gasteiger partial charge in [-0.15, -0.1) is 0 Å². The highest BCUT2D eigenvalue weighted by atomic mass is 16.2. The van der Waals surface area contributed by atoms with Crippen molar-refractivity contribution in [1.82, 2.24) is 9.88 Å². The van der Waals surface area contributed by atoms with E-state index >= 15 is 0 Å². The van der Waals surface area contributed by atoms with Crippen molar-refractivity contribution in [2.45, 2.75) is 18.8 Å². The van der Waals surface area contributed by atoms with E-state index in [-0.39, 0.29) is 6.03 Å². The Morgan fingerprint density at radius 3 is 2.43 bits per heavy atom. The lowest BCUT2D eigenvalue weighted by atomic mass is 9.90. The van der Waals surface area contributed by atoms with E-state index < -0.39 is 0 Å². The Bertz CT molecular complexity index is 577. The number of carbonyl (C=O) groups excluding carboxylic acids is 1. The van der Waals surface area contributed by atoms with Gasteiger partial charge in [-0.05, 0) is 36.5 Å². The summed E-state index contributed by atoms with van der Waals surface area (Å²) in [6, 6.07) is 16.0. The molecule has 1 fully saturated rings. The maximum absolute atomic E-state index is 12.2. The van der Waals surface area contributed by atoms with Crippen LogP contribution in [-0.2, 0) is 0 Å². The van der Waals surface area contributed by atoms with Crippen LogP contribution in [0.25, 0.3) is 0 Å². The minimum absolute atomic E-state index is 0.0554. The Labute approximate surface area is 124 Å². The summed E-state index contributed by atoms with van der Waals surface area (Å²) in [7, 11) is 0. The van der Waals surface area contributed by atoms with Gasteiger partial charge in [-0.2, -0.15) is 0 Å². The molecule has 2 heterocycles. The number of hydrogen-bond acceptors (Lipinski definition) is 2. The van der Waals surface area contributed by atoms with Crippen molar-refractivity contribution < 1.29 is 4.79 Å². The highest BCUT2D eigenvalue weighted by Crippen LogP contribution is 2.27. The van der Waals surface area contributed by atoms with E-state index in [4.69, 9.17) is 0 Å². The molecule has 2 amide bonds. The predicted octanol–water partition coefficient (Wildman–Crippen LogP) is 3.49. The number of urea groups is 1. The van der Waals surface area contributed by atoms with Crippen LogP contribution >= 0.6 is 0 Å². The number of likely N-dealkylation sites (tertiary alicyclic amines) is 1. The van der Waals surface area contributed by atoms with Gasteiger partial charge in [0.2, 0.25) is 0 Å². The number of nitrogens with one attached hydrogen (secondary N) is 1. The topological polar surface area (TPSA) is 45.2 Å². The maximum atomic E-state index is 12.2. The lowest BCUT2D eigenvalue weighted by Crippen LogP contribution is -2.40. The second-order valence-electron chi connectivity index (χ2n) is 5.32. The fraction of sp³-hybridized carbons (Fsp3) is 0.294. The van der Waals surface area contributed by atoms with Crippen LogP contribution < -0.4 is 5.32 Å². The van der Waals surface area contributed by atoms with E-state index in [0.29, 0.717) is 11.7 Å². The Morgan fingerprint density at radius 1 is 1.05 bits per heavy atom.